The van der Waals surface area contributed by atoms with Crippen LogP contribution in [-0.2, 0) is 16.0 Å². The minimum atomic E-state index is -0.0572. The number of para-hydroxylation sites is 2. The van der Waals surface area contributed by atoms with Crippen molar-refractivity contribution in [2.75, 3.05) is 29.4 Å². The van der Waals surface area contributed by atoms with Crippen molar-refractivity contribution in [3.05, 3.63) is 59.7 Å². The van der Waals surface area contributed by atoms with E-state index in [1.807, 2.05) is 23.1 Å². The summed E-state index contributed by atoms with van der Waals surface area (Å²) >= 11 is 0. The molecule has 0 saturated carbocycles. The summed E-state index contributed by atoms with van der Waals surface area (Å²) in [5, 5.41) is 2.94. The number of hydrogen-bond donors (Lipinski definition) is 1. The number of fused-ring (bicyclic) bond motifs is 3. The van der Waals surface area contributed by atoms with Crippen LogP contribution in [0, 0.1) is 6.92 Å². The monoisotopic (exact) mass is 391 g/mol. The highest BCUT2D eigenvalue weighted by atomic mass is 16.2. The van der Waals surface area contributed by atoms with Crippen LogP contribution in [0.15, 0.2) is 48.5 Å². The van der Waals surface area contributed by atoms with E-state index in [1.54, 1.807) is 0 Å². The zero-order valence-corrected chi connectivity index (χ0v) is 17.1. The molecule has 152 valence electrons. The van der Waals surface area contributed by atoms with Gasteiger partial charge in [-0.3, -0.25) is 9.59 Å². The Bertz CT molecular complexity index is 878. The average Bonchev–Trinajstić information content (AvgIpc) is 3.22. The smallest absolute Gasteiger partial charge is 0.227 e. The van der Waals surface area contributed by atoms with E-state index >= 15 is 0 Å². The SMILES string of the molecule is Cc1ccc(CCNC(=O)CCC(=O)N2CC3CCCN3c3ccccc32)cc1. The molecule has 1 unspecified atom stereocenters. The fraction of sp³-hybridized carbons (Fsp3) is 0.417. The highest BCUT2D eigenvalue weighted by Gasteiger charge is 2.35. The van der Waals surface area contributed by atoms with Crippen LogP contribution >= 0.6 is 0 Å². The second-order valence-corrected chi connectivity index (χ2v) is 8.07. The Hall–Kier alpha value is -2.82. The first-order valence-electron chi connectivity index (χ1n) is 10.6. The van der Waals surface area contributed by atoms with Crippen molar-refractivity contribution in [3.8, 4) is 0 Å². The third-order valence-corrected chi connectivity index (χ3v) is 5.98. The first-order valence-corrected chi connectivity index (χ1v) is 10.6. The van der Waals surface area contributed by atoms with E-state index in [0.717, 1.165) is 37.3 Å². The summed E-state index contributed by atoms with van der Waals surface area (Å²) < 4.78 is 0. The number of amides is 2. The molecule has 1 saturated heterocycles. The van der Waals surface area contributed by atoms with Gasteiger partial charge in [0.2, 0.25) is 11.8 Å². The lowest BCUT2D eigenvalue weighted by Gasteiger charge is -2.40. The third-order valence-electron chi connectivity index (χ3n) is 5.98. The minimum absolute atomic E-state index is 0.0395. The fourth-order valence-corrected chi connectivity index (χ4v) is 4.37. The van der Waals surface area contributed by atoms with Crippen LogP contribution in [0.25, 0.3) is 0 Å². The van der Waals surface area contributed by atoms with Crippen LogP contribution < -0.4 is 15.1 Å². The molecule has 0 spiro atoms. The van der Waals surface area contributed by atoms with Gasteiger partial charge in [0.1, 0.15) is 0 Å². The van der Waals surface area contributed by atoms with Gasteiger partial charge in [0.15, 0.2) is 0 Å². The van der Waals surface area contributed by atoms with Crippen LogP contribution in [0.2, 0.25) is 0 Å². The van der Waals surface area contributed by atoms with Gasteiger partial charge in [0.05, 0.1) is 11.4 Å². The van der Waals surface area contributed by atoms with E-state index in [2.05, 4.69) is 47.5 Å². The van der Waals surface area contributed by atoms with Crippen molar-refractivity contribution in [2.45, 2.75) is 45.1 Å². The number of aryl methyl sites for hydroxylation is 1. The molecule has 1 N–H and O–H groups in total. The van der Waals surface area contributed by atoms with Crippen molar-refractivity contribution in [3.63, 3.8) is 0 Å². The number of anilines is 2. The summed E-state index contributed by atoms with van der Waals surface area (Å²) in [7, 11) is 0. The van der Waals surface area contributed by atoms with Crippen LogP contribution in [0.3, 0.4) is 0 Å². The first kappa shape index (κ1) is 19.5. The highest BCUT2D eigenvalue weighted by Crippen LogP contribution is 2.39. The molecule has 29 heavy (non-hydrogen) atoms. The normalized spacial score (nSPS) is 17.6. The molecule has 0 bridgehead atoms. The van der Waals surface area contributed by atoms with Crippen molar-refractivity contribution >= 4 is 23.2 Å². The van der Waals surface area contributed by atoms with Gasteiger partial charge < -0.3 is 15.1 Å². The number of carbonyl (C=O) groups is 2. The Morgan fingerprint density at radius 2 is 1.79 bits per heavy atom. The van der Waals surface area contributed by atoms with Crippen molar-refractivity contribution in [1.29, 1.82) is 0 Å². The largest absolute Gasteiger partial charge is 0.365 e. The lowest BCUT2D eigenvalue weighted by molar-refractivity contribution is -0.125. The molecular weight excluding hydrogens is 362 g/mol. The summed E-state index contributed by atoms with van der Waals surface area (Å²) in [4.78, 5) is 29.4. The molecule has 5 heteroatoms. The molecule has 2 amide bonds. The molecule has 5 nitrogen and oxygen atoms in total. The molecule has 0 aliphatic carbocycles. The van der Waals surface area contributed by atoms with Gasteiger partial charge in [-0.2, -0.15) is 0 Å². The van der Waals surface area contributed by atoms with E-state index in [4.69, 9.17) is 0 Å². The zero-order chi connectivity index (χ0) is 20.2. The number of benzene rings is 2. The highest BCUT2D eigenvalue weighted by molar-refractivity contribution is 5.99. The Morgan fingerprint density at radius 3 is 2.59 bits per heavy atom. The van der Waals surface area contributed by atoms with Gasteiger partial charge >= 0.3 is 0 Å². The van der Waals surface area contributed by atoms with Crippen LogP contribution in [-0.4, -0.2) is 37.5 Å². The number of nitrogens with zero attached hydrogens (tertiary/aromatic N) is 2. The van der Waals surface area contributed by atoms with Crippen LogP contribution in [0.4, 0.5) is 11.4 Å². The molecule has 1 fully saturated rings. The van der Waals surface area contributed by atoms with E-state index in [1.165, 1.54) is 17.5 Å². The molecule has 0 radical (unpaired) electrons. The average molecular weight is 392 g/mol. The predicted molar refractivity (Wildman–Crippen MR) is 116 cm³/mol. The number of hydrogen-bond acceptors (Lipinski definition) is 3. The van der Waals surface area contributed by atoms with Gasteiger partial charge in [-0.25, -0.2) is 0 Å². The fourth-order valence-electron chi connectivity index (χ4n) is 4.37. The van der Waals surface area contributed by atoms with Crippen molar-refractivity contribution < 1.29 is 9.59 Å². The maximum Gasteiger partial charge on any atom is 0.227 e. The Labute approximate surface area is 172 Å². The topological polar surface area (TPSA) is 52.7 Å². The Kier molecular flexibility index (Phi) is 5.84. The van der Waals surface area contributed by atoms with E-state index in [-0.39, 0.29) is 24.7 Å². The van der Waals surface area contributed by atoms with E-state index in [9.17, 15) is 9.59 Å². The van der Waals surface area contributed by atoms with Gasteiger partial charge in [-0.1, -0.05) is 42.0 Å². The molecule has 2 aromatic carbocycles. The lowest BCUT2D eigenvalue weighted by atomic mass is 10.1. The number of nitrogens with one attached hydrogen (secondary N) is 1. The zero-order valence-electron chi connectivity index (χ0n) is 17.1. The maximum absolute atomic E-state index is 12.9. The predicted octanol–water partition coefficient (Wildman–Crippen LogP) is 3.45. The van der Waals surface area contributed by atoms with Gasteiger partial charge in [0, 0.05) is 38.5 Å². The summed E-state index contributed by atoms with van der Waals surface area (Å²) in [5.41, 5.74) is 4.57. The van der Waals surface area contributed by atoms with Crippen molar-refractivity contribution in [2.24, 2.45) is 0 Å². The van der Waals surface area contributed by atoms with Crippen LogP contribution in [0.5, 0.6) is 0 Å². The second kappa shape index (κ2) is 8.68. The third kappa shape index (κ3) is 4.44. The van der Waals surface area contributed by atoms with Gasteiger partial charge in [-0.15, -0.1) is 0 Å². The number of rotatable bonds is 6. The van der Waals surface area contributed by atoms with E-state index in [0.29, 0.717) is 12.6 Å². The summed E-state index contributed by atoms with van der Waals surface area (Å²) in [5.74, 6) is -0.0177. The van der Waals surface area contributed by atoms with Gasteiger partial charge in [-0.05, 0) is 43.9 Å². The number of carbonyl (C=O) groups excluding carboxylic acids is 2. The van der Waals surface area contributed by atoms with Crippen molar-refractivity contribution in [1.82, 2.24) is 5.32 Å². The maximum atomic E-state index is 12.9. The summed E-state index contributed by atoms with van der Waals surface area (Å²) in [6, 6.07) is 16.9. The Balaban J connectivity index is 1.28. The van der Waals surface area contributed by atoms with Gasteiger partial charge in [0.25, 0.3) is 0 Å². The molecule has 0 aromatic heterocycles. The molecular formula is C24H29N3O2. The molecule has 2 aromatic rings. The quantitative estimate of drug-likeness (QED) is 0.821. The summed E-state index contributed by atoms with van der Waals surface area (Å²) in [6.07, 6.45) is 3.58. The molecule has 2 aliphatic rings. The minimum Gasteiger partial charge on any atom is -0.365 e. The Morgan fingerprint density at radius 1 is 1.03 bits per heavy atom. The van der Waals surface area contributed by atoms with Crippen LogP contribution in [0.1, 0.15) is 36.8 Å². The standard InChI is InChI=1S/C24H29N3O2/c1-18-8-10-19(11-9-18)14-15-25-23(28)12-13-24(29)27-17-20-5-4-16-26(20)21-6-2-3-7-22(21)27/h2-3,6-11,20H,4-5,12-17H2,1H3,(H,25,28). The summed E-state index contributed by atoms with van der Waals surface area (Å²) in [6.45, 7) is 4.45. The first-order chi connectivity index (χ1) is 14.1. The van der Waals surface area contributed by atoms with E-state index < -0.39 is 0 Å². The second-order valence-electron chi connectivity index (χ2n) is 8.07. The molecule has 2 heterocycles. The molecule has 2 aliphatic heterocycles. The lowest BCUT2D eigenvalue weighted by Crippen LogP contribution is -2.48. The molecule has 1 atom stereocenters. The molecule has 4 rings (SSSR count).